The van der Waals surface area contributed by atoms with Crippen LogP contribution in [-0.2, 0) is 4.79 Å². The molecule has 0 aliphatic rings. The van der Waals surface area contributed by atoms with Crippen LogP contribution in [0.4, 0.5) is 5.69 Å². The van der Waals surface area contributed by atoms with Gasteiger partial charge in [-0.2, -0.15) is 0 Å². The number of amides is 1. The van der Waals surface area contributed by atoms with E-state index in [2.05, 4.69) is 5.32 Å². The summed E-state index contributed by atoms with van der Waals surface area (Å²) in [5.74, 6) is -2.07. The number of carbonyl (C=O) groups excluding carboxylic acids is 1. The van der Waals surface area contributed by atoms with Gasteiger partial charge in [-0.3, -0.25) is 14.9 Å². The maximum atomic E-state index is 11.1. The Morgan fingerprint density at radius 1 is 1.38 bits per heavy atom. The first-order valence-electron chi connectivity index (χ1n) is 4.24. The predicted molar refractivity (Wildman–Crippen MR) is 53.9 cm³/mol. The number of rotatable bonds is 4. The van der Waals surface area contributed by atoms with Gasteiger partial charge in [0.15, 0.2) is 0 Å². The van der Waals surface area contributed by atoms with Gasteiger partial charge in [-0.05, 0) is 12.1 Å². The monoisotopic (exact) mass is 224 g/mol. The lowest BCUT2D eigenvalue weighted by Gasteiger charge is -2.05. The van der Waals surface area contributed by atoms with Crippen LogP contribution < -0.4 is 5.32 Å². The molecule has 0 radical (unpaired) electrons. The van der Waals surface area contributed by atoms with Gasteiger partial charge >= 0.3 is 5.97 Å². The van der Waals surface area contributed by atoms with E-state index in [0.29, 0.717) is 0 Å². The Bertz CT molecular complexity index is 443. The van der Waals surface area contributed by atoms with Gasteiger partial charge in [-0.15, -0.1) is 0 Å². The van der Waals surface area contributed by atoms with Crippen molar-refractivity contribution in [2.24, 2.45) is 0 Å². The Hall–Kier alpha value is -2.44. The molecule has 84 valence electrons. The van der Waals surface area contributed by atoms with Crippen LogP contribution in [0.5, 0.6) is 0 Å². The Kier molecular flexibility index (Phi) is 3.54. The number of anilines is 1. The fourth-order valence-electron chi connectivity index (χ4n) is 1.09. The Labute approximate surface area is 89.8 Å². The lowest BCUT2D eigenvalue weighted by atomic mass is 10.2. The maximum Gasteiger partial charge on any atom is 0.337 e. The highest BCUT2D eigenvalue weighted by atomic mass is 16.6. The molecule has 0 saturated heterocycles. The summed E-state index contributed by atoms with van der Waals surface area (Å²) < 4.78 is 0. The van der Waals surface area contributed by atoms with Gasteiger partial charge < -0.3 is 10.4 Å². The molecule has 0 spiro atoms. The molecule has 1 aromatic rings. The van der Waals surface area contributed by atoms with E-state index in [0.717, 1.165) is 0 Å². The van der Waals surface area contributed by atoms with Crippen LogP contribution in [0.25, 0.3) is 0 Å². The minimum atomic E-state index is -1.21. The van der Waals surface area contributed by atoms with Crippen molar-refractivity contribution in [2.45, 2.75) is 0 Å². The van der Waals surface area contributed by atoms with Crippen molar-refractivity contribution in [1.82, 2.24) is 0 Å². The molecular formula is C9H8N2O5. The first-order chi connectivity index (χ1) is 7.50. The minimum absolute atomic E-state index is 0.0434. The summed E-state index contributed by atoms with van der Waals surface area (Å²) in [6.45, 7) is -0.895. The second-order valence-corrected chi connectivity index (χ2v) is 2.89. The molecule has 2 N–H and O–H groups in total. The summed E-state index contributed by atoms with van der Waals surface area (Å²) >= 11 is 0. The summed E-state index contributed by atoms with van der Waals surface area (Å²) in [7, 11) is 0. The van der Waals surface area contributed by atoms with Crippen molar-refractivity contribution in [3.8, 4) is 0 Å². The summed E-state index contributed by atoms with van der Waals surface area (Å²) in [6.07, 6.45) is 0. The first kappa shape index (κ1) is 11.6. The summed E-state index contributed by atoms with van der Waals surface area (Å²) in [5.41, 5.74) is -0.0685. The Morgan fingerprint density at radius 3 is 2.56 bits per heavy atom. The normalized spacial score (nSPS) is 9.50. The lowest BCUT2D eigenvalue weighted by Crippen LogP contribution is -2.22. The van der Waals surface area contributed by atoms with E-state index in [-0.39, 0.29) is 11.3 Å². The number of aromatic carboxylic acids is 1. The summed E-state index contributed by atoms with van der Waals surface area (Å²) in [4.78, 5) is 31.0. The van der Waals surface area contributed by atoms with Crippen LogP contribution in [0.2, 0.25) is 0 Å². The molecule has 0 atom stereocenters. The third-order valence-electron chi connectivity index (χ3n) is 1.70. The molecule has 16 heavy (non-hydrogen) atoms. The molecular weight excluding hydrogens is 216 g/mol. The number of carbonyl (C=O) groups is 2. The second-order valence-electron chi connectivity index (χ2n) is 2.89. The van der Waals surface area contributed by atoms with Crippen LogP contribution in [0.1, 0.15) is 10.4 Å². The number of carboxylic acids is 1. The largest absolute Gasteiger partial charge is 0.478 e. The van der Waals surface area contributed by atoms with Crippen LogP contribution >= 0.6 is 0 Å². The molecule has 7 nitrogen and oxygen atoms in total. The highest BCUT2D eigenvalue weighted by molar-refractivity contribution is 6.00. The molecule has 0 unspecified atom stereocenters. The standard InChI is InChI=1S/C9H8N2O5/c12-8(5-11(15)16)10-7-4-2-1-3-6(7)9(13)14/h1-4H,5H2,(H,10,12)(H,13,14). The third-order valence-corrected chi connectivity index (χ3v) is 1.70. The molecule has 0 saturated carbocycles. The zero-order valence-electron chi connectivity index (χ0n) is 8.04. The number of nitrogens with one attached hydrogen (secondary N) is 1. The van der Waals surface area contributed by atoms with Gasteiger partial charge in [-0.25, -0.2) is 4.79 Å². The van der Waals surface area contributed by atoms with Crippen LogP contribution in [-0.4, -0.2) is 28.5 Å². The SMILES string of the molecule is O=C(C[N+](=O)[O-])Nc1ccccc1C(=O)O. The van der Waals surface area contributed by atoms with E-state index in [4.69, 9.17) is 5.11 Å². The van der Waals surface area contributed by atoms with E-state index >= 15 is 0 Å². The van der Waals surface area contributed by atoms with E-state index in [1.165, 1.54) is 24.3 Å². The molecule has 1 aromatic carbocycles. The smallest absolute Gasteiger partial charge is 0.337 e. The third kappa shape index (κ3) is 3.05. The Balaban J connectivity index is 2.84. The average Bonchev–Trinajstić information content (AvgIpc) is 2.16. The fourth-order valence-corrected chi connectivity index (χ4v) is 1.09. The van der Waals surface area contributed by atoms with Crippen molar-refractivity contribution in [3.05, 3.63) is 39.9 Å². The van der Waals surface area contributed by atoms with E-state index in [9.17, 15) is 19.7 Å². The molecule has 0 aliphatic heterocycles. The van der Waals surface area contributed by atoms with Gasteiger partial charge in [0.25, 0.3) is 12.5 Å². The van der Waals surface area contributed by atoms with E-state index in [1.807, 2.05) is 0 Å². The molecule has 1 amide bonds. The quantitative estimate of drug-likeness (QED) is 0.574. The number of benzene rings is 1. The van der Waals surface area contributed by atoms with Gasteiger partial charge in [-0.1, -0.05) is 12.1 Å². The van der Waals surface area contributed by atoms with E-state index < -0.39 is 23.3 Å². The van der Waals surface area contributed by atoms with Gasteiger partial charge in [0.05, 0.1) is 11.3 Å². The summed E-state index contributed by atoms with van der Waals surface area (Å²) in [6, 6.07) is 5.67. The van der Waals surface area contributed by atoms with Crippen molar-refractivity contribution in [2.75, 3.05) is 11.9 Å². The molecule has 0 aliphatic carbocycles. The highest BCUT2D eigenvalue weighted by Gasteiger charge is 2.14. The van der Waals surface area contributed by atoms with Crippen molar-refractivity contribution in [1.29, 1.82) is 0 Å². The predicted octanol–water partition coefficient (Wildman–Crippen LogP) is 0.600. The van der Waals surface area contributed by atoms with Gasteiger partial charge in [0.1, 0.15) is 0 Å². The fraction of sp³-hybridized carbons (Fsp3) is 0.111. The molecule has 0 bridgehead atoms. The number of hydrogen-bond acceptors (Lipinski definition) is 4. The maximum absolute atomic E-state index is 11.1. The zero-order chi connectivity index (χ0) is 12.1. The number of hydrogen-bond donors (Lipinski definition) is 2. The second kappa shape index (κ2) is 4.87. The minimum Gasteiger partial charge on any atom is -0.478 e. The Morgan fingerprint density at radius 2 is 2.00 bits per heavy atom. The molecule has 0 fully saturated rings. The van der Waals surface area contributed by atoms with Crippen molar-refractivity contribution in [3.63, 3.8) is 0 Å². The zero-order valence-corrected chi connectivity index (χ0v) is 8.04. The van der Waals surface area contributed by atoms with Crippen LogP contribution in [0, 0.1) is 10.1 Å². The summed E-state index contributed by atoms with van der Waals surface area (Å²) in [5, 5.41) is 21.0. The topological polar surface area (TPSA) is 110 Å². The highest BCUT2D eigenvalue weighted by Crippen LogP contribution is 2.14. The lowest BCUT2D eigenvalue weighted by molar-refractivity contribution is -0.467. The number of para-hydroxylation sites is 1. The van der Waals surface area contributed by atoms with Crippen LogP contribution in [0.3, 0.4) is 0 Å². The van der Waals surface area contributed by atoms with Crippen LogP contribution in [0.15, 0.2) is 24.3 Å². The molecule has 0 aromatic heterocycles. The molecule has 0 heterocycles. The van der Waals surface area contributed by atoms with Gasteiger partial charge in [0.2, 0.25) is 0 Å². The average molecular weight is 224 g/mol. The molecule has 1 rings (SSSR count). The molecule has 7 heteroatoms. The number of carboxylic acid groups (broad SMARTS) is 1. The van der Waals surface area contributed by atoms with Gasteiger partial charge in [0, 0.05) is 4.92 Å². The van der Waals surface area contributed by atoms with Crippen molar-refractivity contribution < 1.29 is 19.6 Å². The van der Waals surface area contributed by atoms with Crippen molar-refractivity contribution >= 4 is 17.6 Å². The number of nitro groups is 1. The number of nitrogens with zero attached hydrogens (tertiary/aromatic N) is 1. The first-order valence-corrected chi connectivity index (χ1v) is 4.24. The van der Waals surface area contributed by atoms with E-state index in [1.54, 1.807) is 0 Å².